The summed E-state index contributed by atoms with van der Waals surface area (Å²) in [5.74, 6) is -1.47. The van der Waals surface area contributed by atoms with E-state index in [-0.39, 0.29) is 28.5 Å². The fraction of sp³-hybridized carbons (Fsp3) is 0.263. The summed E-state index contributed by atoms with van der Waals surface area (Å²) in [5, 5.41) is 6.97. The number of rotatable bonds is 4. The number of amides is 1. The van der Waals surface area contributed by atoms with E-state index in [2.05, 4.69) is 15.6 Å². The fourth-order valence-corrected chi connectivity index (χ4v) is 4.58. The third kappa shape index (κ3) is 3.75. The van der Waals surface area contributed by atoms with E-state index in [1.165, 1.54) is 41.7 Å². The fourth-order valence-electron chi connectivity index (χ4n) is 3.38. The molecule has 140 valence electrons. The monoisotopic (exact) mass is 407 g/mol. The number of aromatic nitrogens is 1. The lowest BCUT2D eigenvalue weighted by Crippen LogP contribution is -2.43. The number of nitrogens with zero attached hydrogens (tertiary/aromatic N) is 1. The smallest absolute Gasteiger partial charge is 0.256 e. The lowest BCUT2D eigenvalue weighted by molar-refractivity contribution is 0.0932. The summed E-state index contributed by atoms with van der Waals surface area (Å²) >= 11 is 7.34. The number of benzene rings is 2. The van der Waals surface area contributed by atoms with E-state index < -0.39 is 11.7 Å². The molecule has 1 aliphatic rings. The van der Waals surface area contributed by atoms with E-state index >= 15 is 0 Å². The van der Waals surface area contributed by atoms with Crippen LogP contribution in [0, 0.1) is 11.6 Å². The standard InChI is InChI=1S/C19H16ClF2N3OS/c20-11-3-1-4-12(22)17(11)18(26)23-13-5-2-6-14(13)24-19-25-15-8-7-10(21)9-16(15)27-19/h1,3-4,7-9,13-14H,2,5-6H2,(H,23,26)(H,24,25)/t13-,14-/m0/s1. The third-order valence-electron chi connectivity index (χ3n) is 4.68. The number of hydrogen-bond acceptors (Lipinski definition) is 4. The van der Waals surface area contributed by atoms with E-state index in [1.807, 2.05) is 0 Å². The molecule has 8 heteroatoms. The second kappa shape index (κ2) is 7.40. The molecule has 3 aromatic rings. The predicted octanol–water partition coefficient (Wildman–Crippen LogP) is 4.99. The minimum Gasteiger partial charge on any atom is -0.357 e. The van der Waals surface area contributed by atoms with E-state index in [0.29, 0.717) is 5.13 Å². The van der Waals surface area contributed by atoms with E-state index in [0.717, 1.165) is 29.5 Å². The number of halogens is 3. The summed E-state index contributed by atoms with van der Waals surface area (Å²) in [6.07, 6.45) is 2.54. The van der Waals surface area contributed by atoms with E-state index in [1.54, 1.807) is 6.07 Å². The topological polar surface area (TPSA) is 54.0 Å². The van der Waals surface area contributed by atoms with Crippen LogP contribution < -0.4 is 10.6 Å². The first-order chi connectivity index (χ1) is 13.0. The highest BCUT2D eigenvalue weighted by molar-refractivity contribution is 7.22. The van der Waals surface area contributed by atoms with Gasteiger partial charge in [0, 0.05) is 12.1 Å². The van der Waals surface area contributed by atoms with Gasteiger partial charge in [0.2, 0.25) is 0 Å². The Morgan fingerprint density at radius 3 is 2.81 bits per heavy atom. The number of nitrogens with one attached hydrogen (secondary N) is 2. The molecule has 0 aliphatic heterocycles. The number of thiazole rings is 1. The van der Waals surface area contributed by atoms with Crippen LogP contribution in [0.3, 0.4) is 0 Å². The van der Waals surface area contributed by atoms with E-state index in [9.17, 15) is 13.6 Å². The summed E-state index contributed by atoms with van der Waals surface area (Å²) in [4.78, 5) is 17.0. The predicted molar refractivity (Wildman–Crippen MR) is 104 cm³/mol. The largest absolute Gasteiger partial charge is 0.357 e. The van der Waals surface area contributed by atoms with Crippen LogP contribution >= 0.6 is 22.9 Å². The molecule has 4 rings (SSSR count). The average Bonchev–Trinajstić information content (AvgIpc) is 3.21. The van der Waals surface area contributed by atoms with Crippen LogP contribution in [0.5, 0.6) is 0 Å². The second-order valence-corrected chi connectivity index (χ2v) is 7.93. The second-order valence-electron chi connectivity index (χ2n) is 6.49. The molecule has 2 N–H and O–H groups in total. The molecule has 27 heavy (non-hydrogen) atoms. The molecule has 0 radical (unpaired) electrons. The number of carbonyl (C=O) groups is 1. The quantitative estimate of drug-likeness (QED) is 0.640. The zero-order valence-electron chi connectivity index (χ0n) is 14.1. The van der Waals surface area contributed by atoms with Crippen LogP contribution in [0.2, 0.25) is 5.02 Å². The van der Waals surface area contributed by atoms with Crippen molar-refractivity contribution >= 4 is 44.2 Å². The molecule has 2 atom stereocenters. The van der Waals surface area contributed by atoms with E-state index in [4.69, 9.17) is 11.6 Å². The van der Waals surface area contributed by atoms with Crippen molar-refractivity contribution in [1.29, 1.82) is 0 Å². The van der Waals surface area contributed by atoms with Gasteiger partial charge in [0.1, 0.15) is 11.6 Å². The lowest BCUT2D eigenvalue weighted by Gasteiger charge is -2.22. The highest BCUT2D eigenvalue weighted by Crippen LogP contribution is 2.30. The Morgan fingerprint density at radius 2 is 2.00 bits per heavy atom. The SMILES string of the molecule is O=C(N[C@H]1CCC[C@@H]1Nc1nc2ccc(F)cc2s1)c1c(F)cccc1Cl. The molecule has 0 unspecified atom stereocenters. The Labute approximate surface area is 163 Å². The van der Waals surface area contributed by atoms with Gasteiger partial charge < -0.3 is 10.6 Å². The Hall–Kier alpha value is -2.25. The molecule has 1 aliphatic carbocycles. The van der Waals surface area contributed by atoms with Gasteiger partial charge in [-0.15, -0.1) is 0 Å². The molecule has 2 aromatic carbocycles. The first-order valence-corrected chi connectivity index (χ1v) is 9.78. The molecule has 1 fully saturated rings. The number of anilines is 1. The molecule has 1 aromatic heterocycles. The van der Waals surface area contributed by atoms with Gasteiger partial charge >= 0.3 is 0 Å². The van der Waals surface area contributed by atoms with Crippen molar-refractivity contribution in [2.45, 2.75) is 31.3 Å². The highest BCUT2D eigenvalue weighted by atomic mass is 35.5. The first-order valence-electron chi connectivity index (χ1n) is 8.59. The van der Waals surface area contributed by atoms with Crippen molar-refractivity contribution in [3.8, 4) is 0 Å². The van der Waals surface area contributed by atoms with Crippen molar-refractivity contribution in [2.75, 3.05) is 5.32 Å². The van der Waals surface area contributed by atoms with Crippen LogP contribution in [-0.4, -0.2) is 23.0 Å². The van der Waals surface area contributed by atoms with Crippen LogP contribution in [0.4, 0.5) is 13.9 Å². The van der Waals surface area contributed by atoms with Crippen LogP contribution in [0.15, 0.2) is 36.4 Å². The summed E-state index contributed by atoms with van der Waals surface area (Å²) < 4.78 is 28.1. The molecule has 4 nitrogen and oxygen atoms in total. The van der Waals surface area contributed by atoms with Gasteiger partial charge in [-0.3, -0.25) is 4.79 Å². The lowest BCUT2D eigenvalue weighted by atomic mass is 10.1. The zero-order chi connectivity index (χ0) is 19.0. The minimum absolute atomic E-state index is 0.0371. The maximum absolute atomic E-state index is 14.0. The van der Waals surface area contributed by atoms with Crippen molar-refractivity contribution in [1.82, 2.24) is 10.3 Å². The van der Waals surface area contributed by atoms with Crippen molar-refractivity contribution in [3.63, 3.8) is 0 Å². The Balaban J connectivity index is 1.49. The number of fused-ring (bicyclic) bond motifs is 1. The van der Waals surface area contributed by atoms with Crippen LogP contribution in [0.25, 0.3) is 10.2 Å². The summed E-state index contributed by atoms with van der Waals surface area (Å²) in [6.45, 7) is 0. The van der Waals surface area contributed by atoms with Gasteiger partial charge in [-0.1, -0.05) is 29.0 Å². The number of carbonyl (C=O) groups excluding carboxylic acids is 1. The maximum atomic E-state index is 14.0. The van der Waals surface area contributed by atoms with Gasteiger partial charge in [0.15, 0.2) is 5.13 Å². The number of hydrogen-bond donors (Lipinski definition) is 2. The molecule has 0 saturated heterocycles. The molecule has 0 spiro atoms. The molecule has 1 amide bonds. The van der Waals surface area contributed by atoms with Crippen LogP contribution in [-0.2, 0) is 0 Å². The first kappa shape index (κ1) is 18.1. The van der Waals surface area contributed by atoms with Gasteiger partial charge in [0.25, 0.3) is 5.91 Å². The highest BCUT2D eigenvalue weighted by Gasteiger charge is 2.30. The third-order valence-corrected chi connectivity index (χ3v) is 5.95. The van der Waals surface area contributed by atoms with Crippen molar-refractivity contribution < 1.29 is 13.6 Å². The average molecular weight is 408 g/mol. The Kier molecular flexibility index (Phi) is 4.97. The molecule has 1 saturated carbocycles. The van der Waals surface area contributed by atoms with Crippen molar-refractivity contribution in [3.05, 3.63) is 58.6 Å². The Morgan fingerprint density at radius 1 is 1.19 bits per heavy atom. The zero-order valence-corrected chi connectivity index (χ0v) is 15.7. The van der Waals surface area contributed by atoms with Gasteiger partial charge in [0.05, 0.1) is 20.8 Å². The van der Waals surface area contributed by atoms with Gasteiger partial charge in [-0.25, -0.2) is 13.8 Å². The summed E-state index contributed by atoms with van der Waals surface area (Å²) in [5.41, 5.74) is 0.584. The molecule has 0 bridgehead atoms. The molecule has 1 heterocycles. The maximum Gasteiger partial charge on any atom is 0.256 e. The van der Waals surface area contributed by atoms with Crippen LogP contribution in [0.1, 0.15) is 29.6 Å². The summed E-state index contributed by atoms with van der Waals surface area (Å²) in [6, 6.07) is 8.43. The Bertz CT molecular complexity index is 990. The van der Waals surface area contributed by atoms with Crippen molar-refractivity contribution in [2.24, 2.45) is 0 Å². The summed E-state index contributed by atoms with van der Waals surface area (Å²) in [7, 11) is 0. The molecular formula is C19H16ClF2N3OS. The van der Waals surface area contributed by atoms with Gasteiger partial charge in [-0.2, -0.15) is 0 Å². The minimum atomic E-state index is -0.643. The molecular weight excluding hydrogens is 392 g/mol. The normalized spacial score (nSPS) is 19.4. The van der Waals surface area contributed by atoms with Gasteiger partial charge in [-0.05, 0) is 49.6 Å².